The molecular formula is C64H38O. The van der Waals surface area contributed by atoms with E-state index in [0.717, 1.165) is 16.9 Å². The van der Waals surface area contributed by atoms with Crippen LogP contribution >= 0.6 is 0 Å². The van der Waals surface area contributed by atoms with E-state index < -0.39 is 10.8 Å². The summed E-state index contributed by atoms with van der Waals surface area (Å²) >= 11 is 0. The van der Waals surface area contributed by atoms with Gasteiger partial charge in [0, 0.05) is 16.5 Å². The Labute approximate surface area is 377 Å². The van der Waals surface area contributed by atoms with Crippen molar-refractivity contribution in [3.8, 4) is 67.1 Å². The van der Waals surface area contributed by atoms with Gasteiger partial charge in [0.2, 0.25) is 0 Å². The molecule has 11 aromatic rings. The molecule has 0 fully saturated rings. The molecule has 15 rings (SSSR count). The highest BCUT2D eigenvalue weighted by Gasteiger charge is 2.52. The molecule has 0 aromatic heterocycles. The Balaban J connectivity index is 0.948. The van der Waals surface area contributed by atoms with E-state index in [-0.39, 0.29) is 0 Å². The molecule has 0 amide bonds. The van der Waals surface area contributed by atoms with E-state index >= 15 is 0 Å². The number of fused-ring (bicyclic) bond motifs is 20. The predicted molar refractivity (Wildman–Crippen MR) is 266 cm³/mol. The van der Waals surface area contributed by atoms with Crippen LogP contribution in [0.15, 0.2) is 231 Å². The van der Waals surface area contributed by atoms with Crippen LogP contribution in [0.1, 0.15) is 44.5 Å². The van der Waals surface area contributed by atoms with Crippen LogP contribution in [0.4, 0.5) is 0 Å². The molecule has 65 heavy (non-hydrogen) atoms. The van der Waals surface area contributed by atoms with Crippen molar-refractivity contribution in [1.29, 1.82) is 0 Å². The lowest BCUT2D eigenvalue weighted by atomic mass is 9.61. The van der Waals surface area contributed by atoms with Crippen LogP contribution in [0.2, 0.25) is 0 Å². The van der Waals surface area contributed by atoms with E-state index in [1.165, 1.54) is 116 Å². The molecule has 1 unspecified atom stereocenters. The number of ether oxygens (including phenoxy) is 1. The SMILES string of the molecule is c1ccc2c(c1)Oc1c(cc(-c3ccc(-c4cccc5c4-c4ccccc4C54c5ccccc5-c5cccc6cccc4c56)cc3)c3ccccc13)C21c2ccccc2-c2ccccc21. The molecule has 0 saturated carbocycles. The highest BCUT2D eigenvalue weighted by molar-refractivity contribution is 6.09. The van der Waals surface area contributed by atoms with Gasteiger partial charge in [0.05, 0.1) is 10.8 Å². The first-order valence-corrected chi connectivity index (χ1v) is 22.8. The largest absolute Gasteiger partial charge is 0.456 e. The first kappa shape index (κ1) is 35.2. The first-order chi connectivity index (χ1) is 32.3. The zero-order valence-corrected chi connectivity index (χ0v) is 35.3. The first-order valence-electron chi connectivity index (χ1n) is 22.8. The Bertz CT molecular complexity index is 3820. The highest BCUT2D eigenvalue weighted by atomic mass is 16.5. The molecule has 1 heteroatoms. The van der Waals surface area contributed by atoms with Crippen molar-refractivity contribution in [1.82, 2.24) is 0 Å². The second-order valence-corrected chi connectivity index (χ2v) is 18.1. The normalized spacial score (nSPS) is 16.0. The Morgan fingerprint density at radius 1 is 0.277 bits per heavy atom. The fourth-order valence-corrected chi connectivity index (χ4v) is 13.0. The molecule has 2 spiro atoms. The third kappa shape index (κ3) is 4.29. The minimum absolute atomic E-state index is 0.456. The third-order valence-corrected chi connectivity index (χ3v) is 15.4. The highest BCUT2D eigenvalue weighted by Crippen LogP contribution is 2.65. The number of hydrogen-bond acceptors (Lipinski definition) is 1. The van der Waals surface area contributed by atoms with Crippen LogP contribution < -0.4 is 4.74 Å². The minimum Gasteiger partial charge on any atom is -0.456 e. The quantitative estimate of drug-likeness (QED) is 0.169. The molecule has 1 nitrogen and oxygen atoms in total. The lowest BCUT2D eigenvalue weighted by molar-refractivity contribution is 0.442. The van der Waals surface area contributed by atoms with Gasteiger partial charge >= 0.3 is 0 Å². The summed E-state index contributed by atoms with van der Waals surface area (Å²) in [5.74, 6) is 1.84. The zero-order chi connectivity index (χ0) is 42.4. The monoisotopic (exact) mass is 822 g/mol. The fraction of sp³-hybridized carbons (Fsp3) is 0.0312. The smallest absolute Gasteiger partial charge is 0.140 e. The Hall–Kier alpha value is -8.26. The second-order valence-electron chi connectivity index (χ2n) is 18.1. The van der Waals surface area contributed by atoms with Crippen LogP contribution in [0.5, 0.6) is 11.5 Å². The van der Waals surface area contributed by atoms with Gasteiger partial charge in [0.15, 0.2) is 0 Å². The number of benzene rings is 11. The summed E-state index contributed by atoms with van der Waals surface area (Å²) in [7, 11) is 0. The third-order valence-electron chi connectivity index (χ3n) is 15.4. The topological polar surface area (TPSA) is 9.23 Å². The van der Waals surface area contributed by atoms with Crippen molar-refractivity contribution < 1.29 is 4.74 Å². The standard InChI is InChI=1S/C64H38O/c1-2-22-48-43(18-1)50(38-58-62(48)65-59-33-12-11-30-55(59)63(58)51-26-7-3-19-44(51)45-20-4-8-27-52(45)63)40-36-34-39(35-37-40)42-24-15-32-57-61(42)49-23-6-10-29-54(49)64(57)53-28-9-5-21-46(53)47-25-13-16-41-17-14-31-56(64)60(41)47/h1-38H. The van der Waals surface area contributed by atoms with Crippen molar-refractivity contribution in [2.24, 2.45) is 0 Å². The van der Waals surface area contributed by atoms with E-state index in [0.29, 0.717) is 0 Å². The van der Waals surface area contributed by atoms with Crippen LogP contribution in [0.3, 0.4) is 0 Å². The number of para-hydroxylation sites is 1. The summed E-state index contributed by atoms with van der Waals surface area (Å²) in [6.07, 6.45) is 0. The molecule has 3 aliphatic carbocycles. The molecule has 1 aliphatic heterocycles. The Morgan fingerprint density at radius 2 is 0.723 bits per heavy atom. The molecule has 1 atom stereocenters. The van der Waals surface area contributed by atoms with Gasteiger partial charge in [-0.2, -0.15) is 0 Å². The maximum atomic E-state index is 7.05. The average Bonchev–Trinajstić information content (AvgIpc) is 3.84. The second kappa shape index (κ2) is 12.7. The molecule has 0 radical (unpaired) electrons. The average molecular weight is 823 g/mol. The molecule has 4 aliphatic rings. The van der Waals surface area contributed by atoms with Gasteiger partial charge in [-0.25, -0.2) is 0 Å². The van der Waals surface area contributed by atoms with E-state index in [1.54, 1.807) is 0 Å². The summed E-state index contributed by atoms with van der Waals surface area (Å²) in [6, 6.07) is 86.2. The molecule has 0 bridgehead atoms. The van der Waals surface area contributed by atoms with Gasteiger partial charge in [-0.1, -0.05) is 218 Å². The van der Waals surface area contributed by atoms with Crippen molar-refractivity contribution in [2.75, 3.05) is 0 Å². The Kier molecular flexibility index (Phi) is 6.88. The van der Waals surface area contributed by atoms with Gasteiger partial charge in [0.25, 0.3) is 0 Å². The zero-order valence-electron chi connectivity index (χ0n) is 35.3. The van der Waals surface area contributed by atoms with Crippen molar-refractivity contribution in [3.05, 3.63) is 275 Å². The molecular weight excluding hydrogens is 785 g/mol. The lowest BCUT2D eigenvalue weighted by Gasteiger charge is -2.40. The molecule has 0 saturated heterocycles. The van der Waals surface area contributed by atoms with Gasteiger partial charge in [-0.05, 0) is 117 Å². The van der Waals surface area contributed by atoms with Crippen molar-refractivity contribution in [3.63, 3.8) is 0 Å². The summed E-state index contributed by atoms with van der Waals surface area (Å²) in [5.41, 5.74) is 22.0. The lowest BCUT2D eigenvalue weighted by Crippen LogP contribution is -2.32. The minimum atomic E-state index is -0.549. The van der Waals surface area contributed by atoms with E-state index in [9.17, 15) is 0 Å². The van der Waals surface area contributed by atoms with Crippen LogP contribution in [-0.2, 0) is 10.8 Å². The van der Waals surface area contributed by atoms with E-state index in [4.69, 9.17) is 4.74 Å². The molecule has 1 heterocycles. The Morgan fingerprint density at radius 3 is 1.42 bits per heavy atom. The fourth-order valence-electron chi connectivity index (χ4n) is 13.0. The van der Waals surface area contributed by atoms with Gasteiger partial charge in [-0.3, -0.25) is 0 Å². The van der Waals surface area contributed by atoms with Crippen LogP contribution in [0.25, 0.3) is 77.2 Å². The number of rotatable bonds is 2. The van der Waals surface area contributed by atoms with E-state index in [2.05, 4.69) is 231 Å². The predicted octanol–water partition coefficient (Wildman–Crippen LogP) is 16.1. The summed E-state index contributed by atoms with van der Waals surface area (Å²) in [5, 5.41) is 4.93. The molecule has 11 aromatic carbocycles. The summed E-state index contributed by atoms with van der Waals surface area (Å²) < 4.78 is 7.05. The van der Waals surface area contributed by atoms with Gasteiger partial charge in [0.1, 0.15) is 11.5 Å². The molecule has 300 valence electrons. The van der Waals surface area contributed by atoms with Gasteiger partial charge in [-0.15, -0.1) is 0 Å². The van der Waals surface area contributed by atoms with Crippen molar-refractivity contribution >= 4 is 21.5 Å². The van der Waals surface area contributed by atoms with Crippen LogP contribution in [0, 0.1) is 0 Å². The molecule has 0 N–H and O–H groups in total. The summed E-state index contributed by atoms with van der Waals surface area (Å²) in [6.45, 7) is 0. The number of hydrogen-bond donors (Lipinski definition) is 0. The van der Waals surface area contributed by atoms with Crippen molar-refractivity contribution in [2.45, 2.75) is 10.8 Å². The maximum Gasteiger partial charge on any atom is 0.140 e. The van der Waals surface area contributed by atoms with Gasteiger partial charge < -0.3 is 4.74 Å². The van der Waals surface area contributed by atoms with E-state index in [1.807, 2.05) is 0 Å². The summed E-state index contributed by atoms with van der Waals surface area (Å²) in [4.78, 5) is 0. The maximum absolute atomic E-state index is 7.05. The van der Waals surface area contributed by atoms with Crippen LogP contribution in [-0.4, -0.2) is 0 Å².